The van der Waals surface area contributed by atoms with Crippen molar-refractivity contribution in [3.8, 4) is 0 Å². The van der Waals surface area contributed by atoms with Crippen molar-refractivity contribution in [1.82, 2.24) is 0 Å². The summed E-state index contributed by atoms with van der Waals surface area (Å²) in [7, 11) is 0. The van der Waals surface area contributed by atoms with Crippen molar-refractivity contribution in [2.75, 3.05) is 0 Å². The van der Waals surface area contributed by atoms with Gasteiger partial charge in [0.2, 0.25) is 0 Å². The van der Waals surface area contributed by atoms with E-state index in [1.165, 1.54) is 17.6 Å². The molecule has 0 fully saturated rings. The summed E-state index contributed by atoms with van der Waals surface area (Å²) in [5, 5.41) is 0. The van der Waals surface area contributed by atoms with E-state index in [-0.39, 0.29) is 0 Å². The van der Waals surface area contributed by atoms with Crippen molar-refractivity contribution in [3.63, 3.8) is 0 Å². The van der Waals surface area contributed by atoms with E-state index >= 15 is 0 Å². The van der Waals surface area contributed by atoms with Crippen molar-refractivity contribution >= 4 is 0 Å². The van der Waals surface area contributed by atoms with Gasteiger partial charge in [-0.2, -0.15) is 0 Å². The van der Waals surface area contributed by atoms with Gasteiger partial charge in [0.25, 0.3) is 0 Å². The normalized spacial score (nSPS) is 17.5. The smallest absolute Gasteiger partial charge is 0.0204 e. The lowest BCUT2D eigenvalue weighted by atomic mass is 9.93. The first-order valence-electron chi connectivity index (χ1n) is 4.45. The van der Waals surface area contributed by atoms with Crippen molar-refractivity contribution in [1.29, 1.82) is 0 Å². The summed E-state index contributed by atoms with van der Waals surface area (Å²) in [6.45, 7) is 8.20. The fourth-order valence-electron chi connectivity index (χ4n) is 1.47. The lowest BCUT2D eigenvalue weighted by molar-refractivity contribution is 0.997. The fourth-order valence-corrected chi connectivity index (χ4v) is 1.47. The Morgan fingerprint density at radius 3 is 2.67 bits per heavy atom. The van der Waals surface area contributed by atoms with Gasteiger partial charge in [0.1, 0.15) is 0 Å². The van der Waals surface area contributed by atoms with Crippen molar-refractivity contribution in [3.05, 3.63) is 47.6 Å². The van der Waals surface area contributed by atoms with Crippen molar-refractivity contribution < 1.29 is 0 Å². The highest BCUT2D eigenvalue weighted by atomic mass is 14.1. The lowest BCUT2D eigenvalue weighted by Crippen LogP contribution is -1.92. The molecule has 0 amide bonds. The van der Waals surface area contributed by atoms with Crippen LogP contribution in [-0.2, 0) is 0 Å². The van der Waals surface area contributed by atoms with E-state index in [9.17, 15) is 0 Å². The quantitative estimate of drug-likeness (QED) is 0.539. The van der Waals surface area contributed by atoms with Gasteiger partial charge < -0.3 is 0 Å². The van der Waals surface area contributed by atoms with Crippen LogP contribution in [0.4, 0.5) is 0 Å². The van der Waals surface area contributed by atoms with Gasteiger partial charge in [0.15, 0.2) is 0 Å². The first-order valence-corrected chi connectivity index (χ1v) is 4.45. The zero-order valence-electron chi connectivity index (χ0n) is 7.93. The average Bonchev–Trinajstić information content (AvgIpc) is 2.05. The molecule has 0 aliphatic heterocycles. The largest absolute Gasteiger partial charge is 0.0912 e. The summed E-state index contributed by atoms with van der Waals surface area (Å²) in [5.74, 6) is 0. The van der Waals surface area contributed by atoms with Crippen LogP contribution >= 0.6 is 0 Å². The highest BCUT2D eigenvalue weighted by Crippen LogP contribution is 2.24. The van der Waals surface area contributed by atoms with Crippen molar-refractivity contribution in [2.45, 2.75) is 26.7 Å². The summed E-state index contributed by atoms with van der Waals surface area (Å²) < 4.78 is 0. The molecule has 0 radical (unpaired) electrons. The molecule has 0 heteroatoms. The SMILES string of the molecule is C=C(/C=C\C)C1=CCCC=C1C. The van der Waals surface area contributed by atoms with Crippen LogP contribution < -0.4 is 0 Å². The third-order valence-corrected chi connectivity index (χ3v) is 2.10. The van der Waals surface area contributed by atoms with Crippen LogP contribution in [0.15, 0.2) is 47.6 Å². The molecular weight excluding hydrogens is 144 g/mol. The Morgan fingerprint density at radius 1 is 1.42 bits per heavy atom. The first-order chi connectivity index (χ1) is 5.75. The molecule has 0 atom stereocenters. The molecule has 0 heterocycles. The van der Waals surface area contributed by atoms with E-state index in [1.54, 1.807) is 0 Å². The Morgan fingerprint density at radius 2 is 2.08 bits per heavy atom. The lowest BCUT2D eigenvalue weighted by Gasteiger charge is -2.12. The van der Waals surface area contributed by atoms with Gasteiger partial charge in [-0.25, -0.2) is 0 Å². The molecule has 0 saturated heterocycles. The molecule has 12 heavy (non-hydrogen) atoms. The van der Waals surface area contributed by atoms with E-state index in [4.69, 9.17) is 0 Å². The van der Waals surface area contributed by atoms with Crippen molar-refractivity contribution in [2.24, 2.45) is 0 Å². The van der Waals surface area contributed by atoms with Crippen LogP contribution in [0.5, 0.6) is 0 Å². The molecule has 0 aromatic rings. The number of hydrogen-bond donors (Lipinski definition) is 0. The van der Waals surface area contributed by atoms with E-state index in [0.29, 0.717) is 0 Å². The van der Waals surface area contributed by atoms with Gasteiger partial charge in [-0.1, -0.05) is 30.9 Å². The van der Waals surface area contributed by atoms with Crippen LogP contribution in [0.1, 0.15) is 26.7 Å². The van der Waals surface area contributed by atoms with Crippen LogP contribution in [0, 0.1) is 0 Å². The van der Waals surface area contributed by atoms with Crippen LogP contribution in [0.25, 0.3) is 0 Å². The van der Waals surface area contributed by atoms with E-state index in [2.05, 4.69) is 31.7 Å². The maximum atomic E-state index is 4.02. The van der Waals surface area contributed by atoms with Gasteiger partial charge >= 0.3 is 0 Å². The minimum atomic E-state index is 1.13. The molecule has 0 saturated carbocycles. The second kappa shape index (κ2) is 4.10. The zero-order valence-corrected chi connectivity index (χ0v) is 7.93. The van der Waals surface area contributed by atoms with E-state index in [1.807, 2.05) is 13.0 Å². The molecule has 1 rings (SSSR count). The van der Waals surface area contributed by atoms with E-state index in [0.717, 1.165) is 12.0 Å². The van der Waals surface area contributed by atoms with Gasteiger partial charge in [-0.3, -0.25) is 0 Å². The Kier molecular flexibility index (Phi) is 3.09. The van der Waals surface area contributed by atoms with Crippen LogP contribution in [-0.4, -0.2) is 0 Å². The Hall–Kier alpha value is -1.04. The first kappa shape index (κ1) is 9.05. The third kappa shape index (κ3) is 1.97. The predicted octanol–water partition coefficient (Wildman–Crippen LogP) is 3.79. The maximum absolute atomic E-state index is 4.02. The topological polar surface area (TPSA) is 0 Å². The molecule has 64 valence electrons. The fraction of sp³-hybridized carbons (Fsp3) is 0.333. The maximum Gasteiger partial charge on any atom is -0.0204 e. The number of hydrogen-bond acceptors (Lipinski definition) is 0. The molecule has 0 nitrogen and oxygen atoms in total. The standard InChI is InChI=1S/C12H16/c1-4-7-10(2)12-9-6-5-8-11(12)3/h4,7-9H,2,5-6H2,1,3H3/b7-4-. The van der Waals surface area contributed by atoms with Crippen LogP contribution in [0.3, 0.4) is 0 Å². The summed E-state index contributed by atoms with van der Waals surface area (Å²) >= 11 is 0. The second-order valence-electron chi connectivity index (χ2n) is 3.11. The van der Waals surface area contributed by atoms with Gasteiger partial charge in [0, 0.05) is 0 Å². The number of allylic oxidation sites excluding steroid dienone is 7. The molecule has 0 spiro atoms. The Balaban J connectivity index is 2.81. The molecule has 0 aromatic heterocycles. The average molecular weight is 160 g/mol. The number of rotatable bonds is 2. The molecule has 1 aliphatic carbocycles. The van der Waals surface area contributed by atoms with Crippen LogP contribution in [0.2, 0.25) is 0 Å². The van der Waals surface area contributed by atoms with Gasteiger partial charge in [-0.05, 0) is 43.4 Å². The predicted molar refractivity (Wildman–Crippen MR) is 55.0 cm³/mol. The highest BCUT2D eigenvalue weighted by molar-refractivity contribution is 5.50. The Bertz CT molecular complexity index is 262. The molecule has 0 bridgehead atoms. The minimum absolute atomic E-state index is 1.13. The molecule has 0 aromatic carbocycles. The molecule has 1 aliphatic rings. The summed E-state index contributed by atoms with van der Waals surface area (Å²) in [5.41, 5.74) is 3.81. The monoisotopic (exact) mass is 160 g/mol. The minimum Gasteiger partial charge on any atom is -0.0912 e. The molecular formula is C12H16. The summed E-state index contributed by atoms with van der Waals surface area (Å²) in [6, 6.07) is 0. The zero-order chi connectivity index (χ0) is 8.97. The highest BCUT2D eigenvalue weighted by Gasteiger charge is 2.04. The molecule has 0 unspecified atom stereocenters. The van der Waals surface area contributed by atoms with E-state index < -0.39 is 0 Å². The van der Waals surface area contributed by atoms with Gasteiger partial charge in [-0.15, -0.1) is 0 Å². The second-order valence-corrected chi connectivity index (χ2v) is 3.11. The van der Waals surface area contributed by atoms with Gasteiger partial charge in [0.05, 0.1) is 0 Å². The summed E-state index contributed by atoms with van der Waals surface area (Å²) in [6.07, 6.45) is 11.0. The Labute approximate surface area is 75.0 Å². The third-order valence-electron chi connectivity index (χ3n) is 2.10. The molecule has 0 N–H and O–H groups in total. The summed E-state index contributed by atoms with van der Waals surface area (Å²) in [4.78, 5) is 0.